The Kier molecular flexibility index (Phi) is 5.46. The Hall–Kier alpha value is -0.590. The summed E-state index contributed by atoms with van der Waals surface area (Å²) in [5.74, 6) is 0. The van der Waals surface area contributed by atoms with E-state index >= 15 is 0 Å². The third-order valence-electron chi connectivity index (χ3n) is 3.38. The lowest BCUT2D eigenvalue weighted by Crippen LogP contribution is -2.16. The molecule has 0 radical (unpaired) electrons. The quantitative estimate of drug-likeness (QED) is 0.768. The zero-order valence-corrected chi connectivity index (χ0v) is 14.6. The van der Waals surface area contributed by atoms with Gasteiger partial charge in [0.05, 0.1) is 10.7 Å². The van der Waals surface area contributed by atoms with Gasteiger partial charge in [0.2, 0.25) is 0 Å². The summed E-state index contributed by atoms with van der Waals surface area (Å²) in [6, 6.07) is 8.11. The van der Waals surface area contributed by atoms with Gasteiger partial charge >= 0.3 is 0 Å². The Morgan fingerprint density at radius 1 is 1.35 bits per heavy atom. The van der Waals surface area contributed by atoms with E-state index in [2.05, 4.69) is 47.6 Å². The third kappa shape index (κ3) is 3.54. The molecule has 0 bridgehead atoms. The molecule has 5 heteroatoms. The summed E-state index contributed by atoms with van der Waals surface area (Å²) < 4.78 is 3.08. The second-order valence-corrected chi connectivity index (χ2v) is 6.35. The summed E-state index contributed by atoms with van der Waals surface area (Å²) >= 11 is 8.39. The fraction of sp³-hybridized carbons (Fsp3) is 0.400. The summed E-state index contributed by atoms with van der Waals surface area (Å²) in [6.07, 6.45) is 1.72. The van der Waals surface area contributed by atoms with Crippen molar-refractivity contribution in [1.29, 1.82) is 0 Å². The highest BCUT2D eigenvalue weighted by molar-refractivity contribution is 14.1. The van der Waals surface area contributed by atoms with Crippen molar-refractivity contribution in [3.05, 3.63) is 49.8 Å². The summed E-state index contributed by atoms with van der Waals surface area (Å²) in [4.78, 5) is 0. The third-order valence-corrected chi connectivity index (χ3v) is 4.95. The fourth-order valence-corrected chi connectivity index (χ4v) is 2.74. The zero-order valence-electron chi connectivity index (χ0n) is 11.7. The van der Waals surface area contributed by atoms with E-state index in [0.717, 1.165) is 39.2 Å². The average Bonchev–Trinajstić information content (AvgIpc) is 2.84. The molecule has 0 aliphatic carbocycles. The normalized spacial score (nSPS) is 12.7. The summed E-state index contributed by atoms with van der Waals surface area (Å²) in [5.41, 5.74) is 9.69. The van der Waals surface area contributed by atoms with Crippen LogP contribution in [0.3, 0.4) is 0 Å². The number of hydrogen-bond donors (Lipinski definition) is 1. The number of hydrogen-bond acceptors (Lipinski definition) is 2. The van der Waals surface area contributed by atoms with E-state index in [1.807, 2.05) is 22.9 Å². The van der Waals surface area contributed by atoms with Gasteiger partial charge in [-0.15, -0.1) is 0 Å². The molecule has 0 spiro atoms. The average molecular weight is 404 g/mol. The molecule has 0 saturated carbocycles. The summed E-state index contributed by atoms with van der Waals surface area (Å²) in [6.45, 7) is 5.09. The van der Waals surface area contributed by atoms with Gasteiger partial charge in [0.1, 0.15) is 0 Å². The van der Waals surface area contributed by atoms with E-state index in [4.69, 9.17) is 17.3 Å². The van der Waals surface area contributed by atoms with Crippen molar-refractivity contribution < 1.29 is 0 Å². The lowest BCUT2D eigenvalue weighted by Gasteiger charge is -2.13. The number of aryl methyl sites for hydroxylation is 2. The van der Waals surface area contributed by atoms with Crippen LogP contribution in [0.1, 0.15) is 36.8 Å². The van der Waals surface area contributed by atoms with Crippen LogP contribution in [0.25, 0.3) is 0 Å². The molecule has 1 heterocycles. The first-order chi connectivity index (χ1) is 9.55. The first-order valence-electron chi connectivity index (χ1n) is 6.81. The van der Waals surface area contributed by atoms with E-state index in [9.17, 15) is 0 Å². The summed E-state index contributed by atoms with van der Waals surface area (Å²) in [5, 5.41) is 5.32. The first-order valence-corrected chi connectivity index (χ1v) is 8.27. The second-order valence-electron chi connectivity index (χ2n) is 4.78. The minimum atomic E-state index is -0.0591. The van der Waals surface area contributed by atoms with Crippen LogP contribution in [0.15, 0.2) is 24.3 Å². The molecule has 2 N–H and O–H groups in total. The second kappa shape index (κ2) is 6.91. The maximum atomic E-state index is 6.32. The Balaban J connectivity index is 2.20. The van der Waals surface area contributed by atoms with E-state index < -0.39 is 0 Å². The largest absolute Gasteiger partial charge is 0.324 e. The lowest BCUT2D eigenvalue weighted by atomic mass is 10.0. The van der Waals surface area contributed by atoms with Crippen molar-refractivity contribution in [2.75, 3.05) is 0 Å². The standard InChI is InChI=1S/C15H19ClIN3/c1-3-11-8-12(20(4-2)19-11)9-15(18)10-5-6-14(17)13(16)7-10/h5-8,15H,3-4,9,18H2,1-2H3. The van der Waals surface area contributed by atoms with Crippen molar-refractivity contribution in [1.82, 2.24) is 9.78 Å². The molecule has 3 nitrogen and oxygen atoms in total. The Bertz CT molecular complexity index is 595. The van der Waals surface area contributed by atoms with E-state index in [1.54, 1.807) is 0 Å². The summed E-state index contributed by atoms with van der Waals surface area (Å²) in [7, 11) is 0. The molecule has 0 amide bonds. The van der Waals surface area contributed by atoms with Gasteiger partial charge in [-0.05, 0) is 59.7 Å². The molecular weight excluding hydrogens is 385 g/mol. The smallest absolute Gasteiger partial charge is 0.0624 e. The van der Waals surface area contributed by atoms with Gasteiger partial charge < -0.3 is 5.73 Å². The van der Waals surface area contributed by atoms with Crippen LogP contribution >= 0.6 is 34.2 Å². The maximum absolute atomic E-state index is 6.32. The molecule has 2 rings (SSSR count). The van der Waals surface area contributed by atoms with Crippen molar-refractivity contribution in [2.45, 2.75) is 39.3 Å². The minimum absolute atomic E-state index is 0.0591. The molecule has 0 aliphatic rings. The van der Waals surface area contributed by atoms with E-state index in [0.29, 0.717) is 0 Å². The zero-order chi connectivity index (χ0) is 14.7. The molecule has 1 atom stereocenters. The van der Waals surface area contributed by atoms with Gasteiger partial charge in [-0.1, -0.05) is 24.6 Å². The predicted octanol–water partition coefficient (Wildman–Crippen LogP) is 3.97. The molecule has 0 fully saturated rings. The number of rotatable bonds is 5. The molecule has 0 saturated heterocycles. The van der Waals surface area contributed by atoms with Crippen LogP contribution in [0, 0.1) is 3.57 Å². The van der Waals surface area contributed by atoms with Crippen LogP contribution in [0.4, 0.5) is 0 Å². The highest BCUT2D eigenvalue weighted by Crippen LogP contribution is 2.24. The van der Waals surface area contributed by atoms with Crippen LogP contribution in [0.5, 0.6) is 0 Å². The molecule has 1 unspecified atom stereocenters. The lowest BCUT2D eigenvalue weighted by molar-refractivity contribution is 0.585. The van der Waals surface area contributed by atoms with Crippen LogP contribution in [-0.2, 0) is 19.4 Å². The Morgan fingerprint density at radius 2 is 2.10 bits per heavy atom. The Labute approximate surface area is 138 Å². The van der Waals surface area contributed by atoms with E-state index in [1.165, 1.54) is 5.69 Å². The van der Waals surface area contributed by atoms with Gasteiger partial charge in [0.15, 0.2) is 0 Å². The highest BCUT2D eigenvalue weighted by Gasteiger charge is 2.13. The SMILES string of the molecule is CCc1cc(CC(N)c2ccc(I)c(Cl)c2)n(CC)n1. The molecule has 1 aromatic carbocycles. The van der Waals surface area contributed by atoms with Gasteiger partial charge in [-0.2, -0.15) is 5.10 Å². The van der Waals surface area contributed by atoms with Crippen molar-refractivity contribution >= 4 is 34.2 Å². The molecule has 108 valence electrons. The topological polar surface area (TPSA) is 43.8 Å². The van der Waals surface area contributed by atoms with Crippen LogP contribution < -0.4 is 5.73 Å². The number of nitrogens with two attached hydrogens (primary N) is 1. The van der Waals surface area contributed by atoms with E-state index in [-0.39, 0.29) is 6.04 Å². The number of aromatic nitrogens is 2. The van der Waals surface area contributed by atoms with Gasteiger partial charge in [0, 0.05) is 28.3 Å². The molecular formula is C15H19ClIN3. The van der Waals surface area contributed by atoms with Gasteiger partial charge in [-0.25, -0.2) is 0 Å². The van der Waals surface area contributed by atoms with Crippen molar-refractivity contribution in [3.63, 3.8) is 0 Å². The number of halogens is 2. The number of benzene rings is 1. The minimum Gasteiger partial charge on any atom is -0.324 e. The van der Waals surface area contributed by atoms with Gasteiger partial charge in [-0.3, -0.25) is 4.68 Å². The van der Waals surface area contributed by atoms with Crippen molar-refractivity contribution in [3.8, 4) is 0 Å². The van der Waals surface area contributed by atoms with Crippen LogP contribution in [-0.4, -0.2) is 9.78 Å². The monoisotopic (exact) mass is 403 g/mol. The highest BCUT2D eigenvalue weighted by atomic mass is 127. The first kappa shape index (κ1) is 15.8. The molecule has 20 heavy (non-hydrogen) atoms. The maximum Gasteiger partial charge on any atom is 0.0624 e. The molecule has 2 aromatic rings. The fourth-order valence-electron chi connectivity index (χ4n) is 2.21. The molecule has 0 aliphatic heterocycles. The predicted molar refractivity (Wildman–Crippen MR) is 92.1 cm³/mol. The van der Waals surface area contributed by atoms with Gasteiger partial charge in [0.25, 0.3) is 0 Å². The van der Waals surface area contributed by atoms with Crippen LogP contribution in [0.2, 0.25) is 5.02 Å². The van der Waals surface area contributed by atoms with Crippen molar-refractivity contribution in [2.24, 2.45) is 5.73 Å². The number of nitrogens with zero attached hydrogens (tertiary/aromatic N) is 2. The molecule has 1 aromatic heterocycles. The Morgan fingerprint density at radius 3 is 2.70 bits per heavy atom.